The van der Waals surface area contributed by atoms with Gasteiger partial charge in [-0.1, -0.05) is 0 Å². The molecule has 1 aliphatic heterocycles. The van der Waals surface area contributed by atoms with Gasteiger partial charge >= 0.3 is 0 Å². The van der Waals surface area contributed by atoms with Gasteiger partial charge in [0.1, 0.15) is 0 Å². The Morgan fingerprint density at radius 1 is 1.56 bits per heavy atom. The second-order valence-electron chi connectivity index (χ2n) is 4.16. The van der Waals surface area contributed by atoms with Crippen LogP contribution in [0.15, 0.2) is 0 Å². The fourth-order valence-electron chi connectivity index (χ4n) is 2.08. The van der Waals surface area contributed by atoms with E-state index in [9.17, 15) is 4.79 Å². The molecule has 94 valence electrons. The average molecular weight is 229 g/mol. The number of carbonyl (C=O) groups excluding carboxylic acids is 1. The molecule has 0 spiro atoms. The van der Waals surface area contributed by atoms with Crippen LogP contribution in [0.25, 0.3) is 0 Å². The largest absolute Gasteiger partial charge is 0.383 e. The van der Waals surface area contributed by atoms with Crippen molar-refractivity contribution >= 4 is 5.91 Å². The zero-order chi connectivity index (χ0) is 11.8. The lowest BCUT2D eigenvalue weighted by Gasteiger charge is -2.24. The Hall–Kier alpha value is -0.650. The Morgan fingerprint density at radius 2 is 2.38 bits per heavy atom. The summed E-state index contributed by atoms with van der Waals surface area (Å²) in [5.74, 6) is 0.0705. The minimum atomic E-state index is 0.0705. The van der Waals surface area contributed by atoms with Gasteiger partial charge in [0.05, 0.1) is 13.2 Å². The van der Waals surface area contributed by atoms with E-state index in [0.717, 1.165) is 26.2 Å². The normalized spacial score (nSPS) is 21.2. The molecule has 0 radical (unpaired) electrons. The molecule has 5 heteroatoms. The summed E-state index contributed by atoms with van der Waals surface area (Å²) in [4.78, 5) is 13.7. The van der Waals surface area contributed by atoms with Crippen LogP contribution in [0.1, 0.15) is 12.8 Å². The highest BCUT2D eigenvalue weighted by molar-refractivity contribution is 5.77. The van der Waals surface area contributed by atoms with Crippen molar-refractivity contribution in [1.82, 2.24) is 15.5 Å². The van der Waals surface area contributed by atoms with Crippen molar-refractivity contribution in [3.05, 3.63) is 0 Å². The highest BCUT2D eigenvalue weighted by atomic mass is 16.5. The topological polar surface area (TPSA) is 53.6 Å². The lowest BCUT2D eigenvalue weighted by molar-refractivity contribution is -0.120. The highest BCUT2D eigenvalue weighted by Crippen LogP contribution is 2.15. The molecule has 1 fully saturated rings. The van der Waals surface area contributed by atoms with E-state index in [2.05, 4.69) is 15.5 Å². The van der Waals surface area contributed by atoms with Crippen LogP contribution in [0.2, 0.25) is 0 Å². The number of amides is 1. The van der Waals surface area contributed by atoms with Crippen LogP contribution < -0.4 is 10.6 Å². The van der Waals surface area contributed by atoms with Crippen LogP contribution in [0.3, 0.4) is 0 Å². The third kappa shape index (κ3) is 4.47. The Labute approximate surface area is 97.5 Å². The van der Waals surface area contributed by atoms with Gasteiger partial charge in [-0.05, 0) is 26.4 Å². The van der Waals surface area contributed by atoms with Crippen LogP contribution in [0.5, 0.6) is 0 Å². The standard InChI is InChI=1S/C11H23N3O2/c1-12-9-11(15)13-8-10-4-3-5-14(10)6-7-16-2/h10,12H,3-9H2,1-2H3,(H,13,15). The monoisotopic (exact) mass is 229 g/mol. The summed E-state index contributed by atoms with van der Waals surface area (Å²) in [6.45, 7) is 4.00. The van der Waals surface area contributed by atoms with Crippen molar-refractivity contribution in [2.75, 3.05) is 46.9 Å². The molecule has 1 amide bonds. The molecular weight excluding hydrogens is 206 g/mol. The van der Waals surface area contributed by atoms with E-state index >= 15 is 0 Å². The number of nitrogens with zero attached hydrogens (tertiary/aromatic N) is 1. The van der Waals surface area contributed by atoms with E-state index in [1.807, 2.05) is 0 Å². The molecule has 1 aliphatic rings. The van der Waals surface area contributed by atoms with E-state index in [-0.39, 0.29) is 5.91 Å². The van der Waals surface area contributed by atoms with Gasteiger partial charge in [-0.3, -0.25) is 9.69 Å². The molecule has 0 aromatic rings. The zero-order valence-corrected chi connectivity index (χ0v) is 10.3. The van der Waals surface area contributed by atoms with Gasteiger partial charge in [0.15, 0.2) is 0 Å². The van der Waals surface area contributed by atoms with E-state index in [0.29, 0.717) is 12.6 Å². The van der Waals surface area contributed by atoms with Crippen molar-refractivity contribution in [2.45, 2.75) is 18.9 Å². The maximum Gasteiger partial charge on any atom is 0.234 e. The van der Waals surface area contributed by atoms with Gasteiger partial charge < -0.3 is 15.4 Å². The van der Waals surface area contributed by atoms with Crippen molar-refractivity contribution < 1.29 is 9.53 Å². The SMILES string of the molecule is CNCC(=O)NCC1CCCN1CCOC. The quantitative estimate of drug-likeness (QED) is 0.614. The molecule has 1 atom stereocenters. The summed E-state index contributed by atoms with van der Waals surface area (Å²) in [5.41, 5.74) is 0. The zero-order valence-electron chi connectivity index (χ0n) is 10.3. The Balaban J connectivity index is 2.21. The molecule has 0 aliphatic carbocycles. The lowest BCUT2D eigenvalue weighted by atomic mass is 10.2. The summed E-state index contributed by atoms with van der Waals surface area (Å²) < 4.78 is 5.08. The number of hydrogen-bond acceptors (Lipinski definition) is 4. The molecule has 1 rings (SSSR count). The number of methoxy groups -OCH3 is 1. The van der Waals surface area contributed by atoms with E-state index < -0.39 is 0 Å². The number of carbonyl (C=O) groups is 1. The number of hydrogen-bond donors (Lipinski definition) is 2. The molecular formula is C11H23N3O2. The van der Waals surface area contributed by atoms with Gasteiger partial charge in [0, 0.05) is 26.2 Å². The molecule has 0 aromatic carbocycles. The molecule has 0 saturated carbocycles. The van der Waals surface area contributed by atoms with Crippen LogP contribution in [-0.2, 0) is 9.53 Å². The van der Waals surface area contributed by atoms with Crippen LogP contribution in [0, 0.1) is 0 Å². The highest BCUT2D eigenvalue weighted by Gasteiger charge is 2.23. The first-order chi connectivity index (χ1) is 7.77. The number of ether oxygens (including phenoxy) is 1. The van der Waals surface area contributed by atoms with Crippen LogP contribution in [0.4, 0.5) is 0 Å². The molecule has 5 nitrogen and oxygen atoms in total. The predicted octanol–water partition coefficient (Wildman–Crippen LogP) is -0.567. The van der Waals surface area contributed by atoms with Crippen LogP contribution >= 0.6 is 0 Å². The van der Waals surface area contributed by atoms with Crippen molar-refractivity contribution in [3.8, 4) is 0 Å². The number of rotatable bonds is 7. The third-order valence-electron chi connectivity index (χ3n) is 2.95. The first kappa shape index (κ1) is 13.4. The Morgan fingerprint density at radius 3 is 3.06 bits per heavy atom. The van der Waals surface area contributed by atoms with Crippen LogP contribution in [-0.4, -0.2) is 63.8 Å². The molecule has 1 unspecified atom stereocenters. The van der Waals surface area contributed by atoms with E-state index in [1.54, 1.807) is 14.2 Å². The number of nitrogens with one attached hydrogen (secondary N) is 2. The summed E-state index contributed by atoms with van der Waals surface area (Å²) in [5, 5.41) is 5.79. The first-order valence-corrected chi connectivity index (χ1v) is 5.92. The second kappa shape index (κ2) is 7.60. The maximum absolute atomic E-state index is 11.3. The van der Waals surface area contributed by atoms with Crippen molar-refractivity contribution in [1.29, 1.82) is 0 Å². The van der Waals surface area contributed by atoms with Crippen molar-refractivity contribution in [3.63, 3.8) is 0 Å². The fraction of sp³-hybridized carbons (Fsp3) is 0.909. The molecule has 1 saturated heterocycles. The van der Waals surface area contributed by atoms with Gasteiger partial charge in [-0.2, -0.15) is 0 Å². The molecule has 16 heavy (non-hydrogen) atoms. The Kier molecular flexibility index (Phi) is 6.37. The van der Waals surface area contributed by atoms with E-state index in [1.165, 1.54) is 12.8 Å². The summed E-state index contributed by atoms with van der Waals surface area (Å²) in [6, 6.07) is 0.482. The van der Waals surface area contributed by atoms with E-state index in [4.69, 9.17) is 4.74 Å². The van der Waals surface area contributed by atoms with Gasteiger partial charge in [-0.25, -0.2) is 0 Å². The lowest BCUT2D eigenvalue weighted by Crippen LogP contribution is -2.43. The first-order valence-electron chi connectivity index (χ1n) is 5.92. The van der Waals surface area contributed by atoms with Gasteiger partial charge in [0.25, 0.3) is 0 Å². The third-order valence-corrected chi connectivity index (χ3v) is 2.95. The maximum atomic E-state index is 11.3. The Bertz CT molecular complexity index is 211. The minimum Gasteiger partial charge on any atom is -0.383 e. The molecule has 0 aromatic heterocycles. The van der Waals surface area contributed by atoms with Gasteiger partial charge in [0.2, 0.25) is 5.91 Å². The molecule has 1 heterocycles. The fourth-order valence-corrected chi connectivity index (χ4v) is 2.08. The van der Waals surface area contributed by atoms with Gasteiger partial charge in [-0.15, -0.1) is 0 Å². The average Bonchev–Trinajstić information content (AvgIpc) is 2.71. The summed E-state index contributed by atoms with van der Waals surface area (Å²) in [7, 11) is 3.50. The summed E-state index contributed by atoms with van der Waals surface area (Å²) >= 11 is 0. The summed E-state index contributed by atoms with van der Waals surface area (Å²) in [6.07, 6.45) is 2.39. The second-order valence-corrected chi connectivity index (χ2v) is 4.16. The van der Waals surface area contributed by atoms with Crippen molar-refractivity contribution in [2.24, 2.45) is 0 Å². The number of likely N-dealkylation sites (tertiary alicyclic amines) is 1. The molecule has 2 N–H and O–H groups in total. The number of likely N-dealkylation sites (N-methyl/N-ethyl adjacent to an activating group) is 1. The minimum absolute atomic E-state index is 0.0705. The molecule has 0 bridgehead atoms. The predicted molar refractivity (Wildman–Crippen MR) is 63.4 cm³/mol. The smallest absolute Gasteiger partial charge is 0.234 e.